The van der Waals surface area contributed by atoms with E-state index >= 15 is 0 Å². The average molecular weight is 311 g/mol. The Morgan fingerprint density at radius 2 is 2.11 bits per heavy atom. The molecule has 0 atom stereocenters. The first kappa shape index (κ1) is 12.9. The zero-order valence-corrected chi connectivity index (χ0v) is 12.2. The minimum absolute atomic E-state index is 0.396. The topological polar surface area (TPSA) is 66.0 Å². The van der Waals surface area contributed by atoms with Crippen LogP contribution in [0.4, 0.5) is 5.82 Å². The van der Waals surface area contributed by atoms with Crippen molar-refractivity contribution in [1.29, 1.82) is 0 Å². The van der Waals surface area contributed by atoms with E-state index in [4.69, 9.17) is 10.5 Å². The van der Waals surface area contributed by atoms with Crippen LogP contribution in [0.3, 0.4) is 0 Å². The molecule has 18 heavy (non-hydrogen) atoms. The maximum absolute atomic E-state index is 5.80. The fourth-order valence-electron chi connectivity index (χ4n) is 1.67. The van der Waals surface area contributed by atoms with Gasteiger partial charge in [0.1, 0.15) is 6.61 Å². The second-order valence-electron chi connectivity index (χ2n) is 4.09. The largest absolute Gasteiger partial charge is 0.483 e. The molecule has 2 aromatic heterocycles. The lowest BCUT2D eigenvalue weighted by atomic mass is 10.3. The van der Waals surface area contributed by atoms with Crippen molar-refractivity contribution in [3.63, 3.8) is 0 Å². The molecule has 2 N–H and O–H groups in total. The molecule has 0 saturated heterocycles. The summed E-state index contributed by atoms with van der Waals surface area (Å²) in [5.74, 6) is 0.997. The van der Waals surface area contributed by atoms with Crippen molar-refractivity contribution in [2.45, 2.75) is 20.5 Å². The number of hydrogen-bond acceptors (Lipinski definition) is 4. The summed E-state index contributed by atoms with van der Waals surface area (Å²) in [5, 5.41) is 4.30. The van der Waals surface area contributed by atoms with Crippen molar-refractivity contribution in [2.75, 3.05) is 5.73 Å². The average Bonchev–Trinajstić information content (AvgIpc) is 2.53. The minimum atomic E-state index is 0.396. The molecule has 0 amide bonds. The highest BCUT2D eigenvalue weighted by molar-refractivity contribution is 9.10. The SMILES string of the molecule is Cc1ccc(OCc2c(Br)c(C)nn2C)c(N)n1. The first-order valence-electron chi connectivity index (χ1n) is 5.53. The standard InChI is InChI=1S/C12H15BrN4O/c1-7-4-5-10(12(14)15-7)18-6-9-11(13)8(2)16-17(9)3/h4-5H,6H2,1-3H3,(H2,14,15). The predicted octanol–water partition coefficient (Wildman–Crippen LogP) is 2.36. The molecule has 2 aromatic rings. The van der Waals surface area contributed by atoms with Crippen LogP contribution in [0.5, 0.6) is 5.75 Å². The lowest BCUT2D eigenvalue weighted by molar-refractivity contribution is 0.294. The van der Waals surface area contributed by atoms with Crippen LogP contribution in [-0.4, -0.2) is 14.8 Å². The van der Waals surface area contributed by atoms with Gasteiger partial charge in [-0.25, -0.2) is 4.98 Å². The highest BCUT2D eigenvalue weighted by atomic mass is 79.9. The molecule has 0 spiro atoms. The maximum Gasteiger partial charge on any atom is 0.166 e. The molecule has 0 aliphatic carbocycles. The number of aryl methyl sites for hydroxylation is 3. The van der Waals surface area contributed by atoms with Gasteiger partial charge in [0.15, 0.2) is 11.6 Å². The molecule has 6 heteroatoms. The van der Waals surface area contributed by atoms with E-state index in [1.807, 2.05) is 33.0 Å². The van der Waals surface area contributed by atoms with Crippen molar-refractivity contribution in [3.8, 4) is 5.75 Å². The van der Waals surface area contributed by atoms with Crippen LogP contribution >= 0.6 is 15.9 Å². The number of nitrogen functional groups attached to an aromatic ring is 1. The van der Waals surface area contributed by atoms with Gasteiger partial charge < -0.3 is 10.5 Å². The smallest absolute Gasteiger partial charge is 0.166 e. The van der Waals surface area contributed by atoms with Gasteiger partial charge in [-0.3, -0.25) is 4.68 Å². The molecular weight excluding hydrogens is 296 g/mol. The summed E-state index contributed by atoms with van der Waals surface area (Å²) in [5.41, 5.74) is 8.57. The van der Waals surface area contributed by atoms with Gasteiger partial charge in [-0.1, -0.05) is 0 Å². The lowest BCUT2D eigenvalue weighted by Gasteiger charge is -2.09. The van der Waals surface area contributed by atoms with Crippen LogP contribution in [-0.2, 0) is 13.7 Å². The molecule has 0 aromatic carbocycles. The molecular formula is C12H15BrN4O. The number of hydrogen-bond donors (Lipinski definition) is 1. The van der Waals surface area contributed by atoms with Gasteiger partial charge in [-0.05, 0) is 41.9 Å². The Bertz CT molecular complexity index is 580. The molecule has 0 saturated carbocycles. The second-order valence-corrected chi connectivity index (χ2v) is 4.89. The van der Waals surface area contributed by atoms with Crippen molar-refractivity contribution >= 4 is 21.7 Å². The molecule has 5 nitrogen and oxygen atoms in total. The number of nitrogens with zero attached hydrogens (tertiary/aromatic N) is 3. The van der Waals surface area contributed by atoms with Gasteiger partial charge in [-0.15, -0.1) is 0 Å². The van der Waals surface area contributed by atoms with Crippen molar-refractivity contribution in [2.24, 2.45) is 7.05 Å². The van der Waals surface area contributed by atoms with Crippen LogP contribution in [0.2, 0.25) is 0 Å². The summed E-state index contributed by atoms with van der Waals surface area (Å²) in [4.78, 5) is 4.15. The van der Waals surface area contributed by atoms with E-state index < -0.39 is 0 Å². The van der Waals surface area contributed by atoms with E-state index in [0.717, 1.165) is 21.6 Å². The van der Waals surface area contributed by atoms with E-state index in [1.54, 1.807) is 4.68 Å². The Kier molecular flexibility index (Phi) is 3.56. The Labute approximate surface area is 114 Å². The van der Waals surface area contributed by atoms with Crippen LogP contribution < -0.4 is 10.5 Å². The van der Waals surface area contributed by atoms with E-state index in [1.165, 1.54) is 0 Å². The normalized spacial score (nSPS) is 10.7. The van der Waals surface area contributed by atoms with E-state index in [0.29, 0.717) is 18.2 Å². The zero-order chi connectivity index (χ0) is 13.3. The summed E-state index contributed by atoms with van der Waals surface area (Å²) < 4.78 is 8.43. The number of ether oxygens (including phenoxy) is 1. The Balaban J connectivity index is 2.16. The third kappa shape index (κ3) is 2.48. The van der Waals surface area contributed by atoms with E-state index in [9.17, 15) is 0 Å². The third-order valence-corrected chi connectivity index (χ3v) is 3.68. The molecule has 96 valence electrons. The second kappa shape index (κ2) is 4.97. The fourth-order valence-corrected chi connectivity index (χ4v) is 2.12. The van der Waals surface area contributed by atoms with Gasteiger partial charge in [0.25, 0.3) is 0 Å². The Morgan fingerprint density at radius 3 is 2.67 bits per heavy atom. The molecule has 2 rings (SSSR count). The van der Waals surface area contributed by atoms with Gasteiger partial charge in [0.05, 0.1) is 15.9 Å². The number of rotatable bonds is 3. The van der Waals surface area contributed by atoms with Gasteiger partial charge >= 0.3 is 0 Å². The molecule has 0 fully saturated rings. The fraction of sp³-hybridized carbons (Fsp3) is 0.333. The first-order chi connectivity index (χ1) is 8.49. The van der Waals surface area contributed by atoms with Crippen LogP contribution in [0.1, 0.15) is 17.1 Å². The zero-order valence-electron chi connectivity index (χ0n) is 10.6. The lowest BCUT2D eigenvalue weighted by Crippen LogP contribution is -2.05. The van der Waals surface area contributed by atoms with Gasteiger partial charge in [0.2, 0.25) is 0 Å². The molecule has 0 radical (unpaired) electrons. The van der Waals surface area contributed by atoms with Crippen LogP contribution in [0.25, 0.3) is 0 Å². The number of nitrogens with two attached hydrogens (primary N) is 1. The summed E-state index contributed by atoms with van der Waals surface area (Å²) in [6, 6.07) is 3.70. The predicted molar refractivity (Wildman–Crippen MR) is 73.4 cm³/mol. The molecule has 0 aliphatic rings. The summed E-state index contributed by atoms with van der Waals surface area (Å²) in [7, 11) is 1.88. The molecule has 2 heterocycles. The Morgan fingerprint density at radius 1 is 1.39 bits per heavy atom. The van der Waals surface area contributed by atoms with Crippen molar-refractivity contribution < 1.29 is 4.74 Å². The Hall–Kier alpha value is -1.56. The van der Waals surface area contributed by atoms with E-state index in [2.05, 4.69) is 26.0 Å². The number of anilines is 1. The van der Waals surface area contributed by atoms with Crippen molar-refractivity contribution in [1.82, 2.24) is 14.8 Å². The van der Waals surface area contributed by atoms with Gasteiger partial charge in [0, 0.05) is 12.7 Å². The van der Waals surface area contributed by atoms with Crippen LogP contribution in [0.15, 0.2) is 16.6 Å². The third-order valence-electron chi connectivity index (χ3n) is 2.65. The van der Waals surface area contributed by atoms with Crippen LogP contribution in [0, 0.1) is 13.8 Å². The summed E-state index contributed by atoms with van der Waals surface area (Å²) >= 11 is 3.49. The highest BCUT2D eigenvalue weighted by Gasteiger charge is 2.12. The molecule has 0 unspecified atom stereocenters. The highest BCUT2D eigenvalue weighted by Crippen LogP contribution is 2.24. The number of aromatic nitrogens is 3. The van der Waals surface area contributed by atoms with Gasteiger partial charge in [-0.2, -0.15) is 5.10 Å². The summed E-state index contributed by atoms with van der Waals surface area (Å²) in [6.07, 6.45) is 0. The first-order valence-corrected chi connectivity index (χ1v) is 6.32. The number of pyridine rings is 1. The van der Waals surface area contributed by atoms with E-state index in [-0.39, 0.29) is 0 Å². The molecule has 0 aliphatic heterocycles. The monoisotopic (exact) mass is 310 g/mol. The number of halogens is 1. The molecule has 0 bridgehead atoms. The maximum atomic E-state index is 5.80. The quantitative estimate of drug-likeness (QED) is 0.945. The minimum Gasteiger partial charge on any atom is -0.483 e. The van der Waals surface area contributed by atoms with Crippen molar-refractivity contribution in [3.05, 3.63) is 33.7 Å². The summed E-state index contributed by atoms with van der Waals surface area (Å²) in [6.45, 7) is 4.23.